The quantitative estimate of drug-likeness (QED) is 0.886. The van der Waals surface area contributed by atoms with Crippen molar-refractivity contribution >= 4 is 11.9 Å². The number of hydrogen-bond acceptors (Lipinski definition) is 4. The molecule has 0 bridgehead atoms. The van der Waals surface area contributed by atoms with Crippen LogP contribution in [0.25, 0.3) is 0 Å². The molecular weight excluding hydrogens is 322 g/mol. The summed E-state index contributed by atoms with van der Waals surface area (Å²) in [5.41, 5.74) is 2.21. The van der Waals surface area contributed by atoms with Gasteiger partial charge in [-0.05, 0) is 48.4 Å². The number of rotatable bonds is 5. The molecule has 2 aliphatic rings. The summed E-state index contributed by atoms with van der Waals surface area (Å²) in [6, 6.07) is 3.85. The van der Waals surface area contributed by atoms with Crippen molar-refractivity contribution < 1.29 is 24.2 Å². The van der Waals surface area contributed by atoms with Crippen LogP contribution < -0.4 is 9.47 Å². The summed E-state index contributed by atoms with van der Waals surface area (Å²) in [6.07, 6.45) is 2.17. The first kappa shape index (κ1) is 17.6. The monoisotopic (exact) mass is 347 g/mol. The molecule has 1 amide bonds. The minimum absolute atomic E-state index is 0.0389. The highest BCUT2D eigenvalue weighted by molar-refractivity contribution is 5.82. The smallest absolute Gasteiger partial charge is 0.303 e. The molecule has 1 fully saturated rings. The average molecular weight is 347 g/mol. The third-order valence-corrected chi connectivity index (χ3v) is 5.57. The molecule has 1 N–H and O–H groups in total. The van der Waals surface area contributed by atoms with Gasteiger partial charge in [-0.2, -0.15) is 0 Å². The Morgan fingerprint density at radius 3 is 2.56 bits per heavy atom. The van der Waals surface area contributed by atoms with E-state index in [1.54, 1.807) is 14.2 Å². The molecule has 0 aliphatic carbocycles. The molecule has 3 rings (SSSR count). The van der Waals surface area contributed by atoms with Crippen LogP contribution in [0, 0.1) is 11.8 Å². The number of methoxy groups -OCH3 is 2. The summed E-state index contributed by atoms with van der Waals surface area (Å²) in [5.74, 6) is 0.246. The van der Waals surface area contributed by atoms with E-state index in [2.05, 4.69) is 0 Å². The molecule has 3 atom stereocenters. The summed E-state index contributed by atoms with van der Waals surface area (Å²) in [7, 11) is 3.20. The fraction of sp³-hybridized carbons (Fsp3) is 0.579. The molecule has 0 radical (unpaired) electrons. The highest BCUT2D eigenvalue weighted by Gasteiger charge is 2.44. The summed E-state index contributed by atoms with van der Waals surface area (Å²) in [6.45, 7) is 2.63. The second kappa shape index (κ2) is 6.94. The molecule has 1 aromatic rings. The largest absolute Gasteiger partial charge is 0.493 e. The predicted molar refractivity (Wildman–Crippen MR) is 91.8 cm³/mol. The molecule has 6 nitrogen and oxygen atoms in total. The van der Waals surface area contributed by atoms with E-state index < -0.39 is 5.97 Å². The van der Waals surface area contributed by atoms with Gasteiger partial charge < -0.3 is 19.5 Å². The lowest BCUT2D eigenvalue weighted by Crippen LogP contribution is -2.50. The summed E-state index contributed by atoms with van der Waals surface area (Å²) in [4.78, 5) is 26.1. The zero-order valence-electron chi connectivity index (χ0n) is 14.9. The van der Waals surface area contributed by atoms with Crippen LogP contribution in [0.5, 0.6) is 11.5 Å². The zero-order valence-corrected chi connectivity index (χ0v) is 14.9. The van der Waals surface area contributed by atoms with Gasteiger partial charge in [-0.3, -0.25) is 9.59 Å². The number of piperidine rings is 1. The summed E-state index contributed by atoms with van der Waals surface area (Å²) in [5, 5.41) is 9.25. The molecule has 1 saturated heterocycles. The fourth-order valence-electron chi connectivity index (χ4n) is 4.37. The molecule has 0 spiro atoms. The number of carbonyl (C=O) groups is 2. The van der Waals surface area contributed by atoms with Crippen molar-refractivity contribution in [3.05, 3.63) is 23.3 Å². The summed E-state index contributed by atoms with van der Waals surface area (Å²) >= 11 is 0. The van der Waals surface area contributed by atoms with Crippen LogP contribution >= 0.6 is 0 Å². The maximum atomic E-state index is 12.9. The lowest BCUT2D eigenvalue weighted by atomic mass is 9.74. The van der Waals surface area contributed by atoms with Gasteiger partial charge in [0.1, 0.15) is 0 Å². The first-order valence-electron chi connectivity index (χ1n) is 8.77. The van der Waals surface area contributed by atoms with E-state index in [0.717, 1.165) is 17.5 Å². The van der Waals surface area contributed by atoms with E-state index in [1.807, 2.05) is 24.0 Å². The number of carboxylic acids is 1. The Kier molecular flexibility index (Phi) is 4.88. The van der Waals surface area contributed by atoms with Crippen LogP contribution in [0.3, 0.4) is 0 Å². The Labute approximate surface area is 147 Å². The van der Waals surface area contributed by atoms with Gasteiger partial charge in [-0.1, -0.05) is 6.92 Å². The first-order chi connectivity index (χ1) is 12.0. The number of fused-ring (bicyclic) bond motifs is 3. The number of hydrogen-bond donors (Lipinski definition) is 1. The third-order valence-electron chi connectivity index (χ3n) is 5.57. The molecule has 136 valence electrons. The fourth-order valence-corrected chi connectivity index (χ4v) is 4.37. The van der Waals surface area contributed by atoms with Gasteiger partial charge in [0, 0.05) is 18.9 Å². The highest BCUT2D eigenvalue weighted by atomic mass is 16.5. The van der Waals surface area contributed by atoms with Gasteiger partial charge in [0.25, 0.3) is 0 Å². The molecule has 6 heteroatoms. The van der Waals surface area contributed by atoms with Crippen molar-refractivity contribution in [2.45, 2.75) is 38.6 Å². The number of aliphatic carboxylic acids is 1. The zero-order chi connectivity index (χ0) is 18.1. The van der Waals surface area contributed by atoms with Crippen LogP contribution in [-0.4, -0.2) is 42.6 Å². The van der Waals surface area contributed by atoms with E-state index in [4.69, 9.17) is 9.47 Å². The topological polar surface area (TPSA) is 76.1 Å². The standard InChI is InChI=1S/C19H25NO5/c1-4-13-12(9-18(21)22)7-15-14-10-17(25-3)16(24-2)8-11(14)5-6-20(15)19(13)23/h8,10,12-13,15H,4-7,9H2,1-3H3,(H,21,22)/t12-,13-,15+/m0/s1. The Morgan fingerprint density at radius 1 is 1.28 bits per heavy atom. The van der Waals surface area contributed by atoms with E-state index in [1.165, 1.54) is 0 Å². The second-order valence-corrected chi connectivity index (χ2v) is 6.81. The number of ether oxygens (including phenoxy) is 2. The van der Waals surface area contributed by atoms with Crippen LogP contribution in [0.2, 0.25) is 0 Å². The number of nitrogens with zero attached hydrogens (tertiary/aromatic N) is 1. The molecule has 1 aromatic carbocycles. The Bertz CT molecular complexity index is 687. The average Bonchev–Trinajstić information content (AvgIpc) is 2.60. The lowest BCUT2D eigenvalue weighted by molar-refractivity contribution is -0.149. The van der Waals surface area contributed by atoms with Gasteiger partial charge in [-0.15, -0.1) is 0 Å². The van der Waals surface area contributed by atoms with Crippen molar-refractivity contribution in [3.63, 3.8) is 0 Å². The maximum absolute atomic E-state index is 12.9. The Balaban J connectivity index is 2.00. The lowest BCUT2D eigenvalue weighted by Gasteiger charge is -2.46. The van der Waals surface area contributed by atoms with E-state index in [-0.39, 0.29) is 30.2 Å². The van der Waals surface area contributed by atoms with Gasteiger partial charge >= 0.3 is 5.97 Å². The van der Waals surface area contributed by atoms with E-state index in [0.29, 0.717) is 30.9 Å². The van der Waals surface area contributed by atoms with Crippen molar-refractivity contribution in [3.8, 4) is 11.5 Å². The van der Waals surface area contributed by atoms with Crippen molar-refractivity contribution in [1.29, 1.82) is 0 Å². The molecule has 0 aromatic heterocycles. The maximum Gasteiger partial charge on any atom is 0.303 e. The summed E-state index contributed by atoms with van der Waals surface area (Å²) < 4.78 is 10.8. The minimum atomic E-state index is -0.840. The molecule has 0 unspecified atom stereocenters. The first-order valence-corrected chi connectivity index (χ1v) is 8.77. The van der Waals surface area contributed by atoms with Crippen molar-refractivity contribution in [1.82, 2.24) is 4.90 Å². The van der Waals surface area contributed by atoms with Crippen molar-refractivity contribution in [2.75, 3.05) is 20.8 Å². The van der Waals surface area contributed by atoms with E-state index in [9.17, 15) is 14.7 Å². The number of amides is 1. The van der Waals surface area contributed by atoms with E-state index >= 15 is 0 Å². The molecular formula is C19H25NO5. The van der Waals surface area contributed by atoms with Gasteiger partial charge in [0.2, 0.25) is 5.91 Å². The minimum Gasteiger partial charge on any atom is -0.493 e. The van der Waals surface area contributed by atoms with Gasteiger partial charge in [0.05, 0.1) is 20.3 Å². The second-order valence-electron chi connectivity index (χ2n) is 6.81. The van der Waals surface area contributed by atoms with Gasteiger partial charge in [0.15, 0.2) is 11.5 Å². The molecule has 2 heterocycles. The Morgan fingerprint density at radius 2 is 1.96 bits per heavy atom. The third kappa shape index (κ3) is 3.05. The highest BCUT2D eigenvalue weighted by Crippen LogP contribution is 2.46. The van der Waals surface area contributed by atoms with Gasteiger partial charge in [-0.25, -0.2) is 0 Å². The SMILES string of the molecule is CC[C@@H]1C(=O)N2CCc3cc(OC)c(OC)cc3[C@H]2C[C@H]1CC(=O)O. The van der Waals surface area contributed by atoms with Crippen LogP contribution in [0.4, 0.5) is 0 Å². The van der Waals surface area contributed by atoms with Crippen LogP contribution in [0.1, 0.15) is 43.4 Å². The predicted octanol–water partition coefficient (Wildman–Crippen LogP) is 2.65. The number of carboxylic acid groups (broad SMARTS) is 1. The molecule has 25 heavy (non-hydrogen) atoms. The van der Waals surface area contributed by atoms with Crippen LogP contribution in [0.15, 0.2) is 12.1 Å². The normalized spacial score (nSPS) is 25.2. The van der Waals surface area contributed by atoms with Crippen molar-refractivity contribution in [2.24, 2.45) is 11.8 Å². The Hall–Kier alpha value is -2.24. The number of carbonyl (C=O) groups excluding carboxylic acids is 1. The molecule has 0 saturated carbocycles. The number of benzene rings is 1. The van der Waals surface area contributed by atoms with Crippen LogP contribution in [-0.2, 0) is 16.0 Å². The molecule has 2 aliphatic heterocycles.